The summed E-state index contributed by atoms with van der Waals surface area (Å²) in [4.78, 5) is 11.5. The number of carbonyl (C=O) groups is 1. The fraction of sp³-hybridized carbons (Fsp3) is 0.929. The van der Waals surface area contributed by atoms with Crippen LogP contribution in [0.3, 0.4) is 0 Å². The molecule has 2 unspecified atom stereocenters. The first-order valence-corrected chi connectivity index (χ1v) is 8.14. The molecular weight excluding hydrogens is 262 g/mol. The van der Waals surface area contributed by atoms with E-state index < -0.39 is 11.5 Å². The summed E-state index contributed by atoms with van der Waals surface area (Å²) in [7, 11) is 0. The fourth-order valence-corrected chi connectivity index (χ4v) is 3.95. The first kappa shape index (κ1) is 16.8. The van der Waals surface area contributed by atoms with Crippen LogP contribution in [0.2, 0.25) is 0 Å². The zero-order valence-electron chi connectivity index (χ0n) is 12.3. The van der Waals surface area contributed by atoms with Crippen molar-refractivity contribution >= 4 is 17.7 Å². The number of carboxylic acid groups (broad SMARTS) is 1. The Bertz CT molecular complexity index is 282. The standard InChI is InChI=1S/C14H27NO3S/c1-4-7-15-14(3,13(16)17)10-11(2)19-12-5-8-18-9-6-12/h11-12,15H,4-10H2,1-3H3,(H,16,17). The lowest BCUT2D eigenvalue weighted by Gasteiger charge is -2.31. The van der Waals surface area contributed by atoms with Gasteiger partial charge in [-0.3, -0.25) is 4.79 Å². The van der Waals surface area contributed by atoms with Crippen LogP contribution in [-0.4, -0.2) is 46.9 Å². The van der Waals surface area contributed by atoms with Crippen LogP contribution in [0.15, 0.2) is 0 Å². The minimum atomic E-state index is -0.812. The molecule has 0 aromatic heterocycles. The zero-order chi connectivity index (χ0) is 14.3. The Kier molecular flexibility index (Phi) is 7.18. The highest BCUT2D eigenvalue weighted by atomic mass is 32.2. The molecule has 4 nitrogen and oxygen atoms in total. The molecule has 112 valence electrons. The van der Waals surface area contributed by atoms with Crippen molar-refractivity contribution in [1.82, 2.24) is 5.32 Å². The minimum Gasteiger partial charge on any atom is -0.480 e. The monoisotopic (exact) mass is 289 g/mol. The number of hydrogen-bond acceptors (Lipinski definition) is 4. The number of hydrogen-bond donors (Lipinski definition) is 2. The number of thioether (sulfide) groups is 1. The average molecular weight is 289 g/mol. The highest BCUT2D eigenvalue weighted by Crippen LogP contribution is 2.30. The lowest BCUT2D eigenvalue weighted by atomic mass is 9.96. The van der Waals surface area contributed by atoms with E-state index in [0.29, 0.717) is 16.9 Å². The summed E-state index contributed by atoms with van der Waals surface area (Å²) in [5, 5.41) is 13.6. The molecule has 0 aliphatic carbocycles. The van der Waals surface area contributed by atoms with Gasteiger partial charge in [0.2, 0.25) is 0 Å². The van der Waals surface area contributed by atoms with Gasteiger partial charge in [-0.2, -0.15) is 11.8 Å². The van der Waals surface area contributed by atoms with Crippen molar-refractivity contribution in [2.24, 2.45) is 0 Å². The van der Waals surface area contributed by atoms with Crippen molar-refractivity contribution in [2.75, 3.05) is 19.8 Å². The lowest BCUT2D eigenvalue weighted by Crippen LogP contribution is -2.51. The van der Waals surface area contributed by atoms with E-state index >= 15 is 0 Å². The highest BCUT2D eigenvalue weighted by molar-refractivity contribution is 8.00. The van der Waals surface area contributed by atoms with Crippen molar-refractivity contribution in [1.29, 1.82) is 0 Å². The second-order valence-corrected chi connectivity index (χ2v) is 7.27. The van der Waals surface area contributed by atoms with Gasteiger partial charge in [0, 0.05) is 23.7 Å². The van der Waals surface area contributed by atoms with E-state index in [2.05, 4.69) is 19.2 Å². The summed E-state index contributed by atoms with van der Waals surface area (Å²) in [6, 6.07) is 0. The molecule has 1 fully saturated rings. The van der Waals surface area contributed by atoms with Crippen LogP contribution in [0.4, 0.5) is 0 Å². The van der Waals surface area contributed by atoms with E-state index in [0.717, 1.165) is 39.0 Å². The van der Waals surface area contributed by atoms with Gasteiger partial charge in [-0.25, -0.2) is 0 Å². The van der Waals surface area contributed by atoms with Crippen molar-refractivity contribution in [2.45, 2.75) is 62.5 Å². The van der Waals surface area contributed by atoms with Gasteiger partial charge < -0.3 is 15.2 Å². The lowest BCUT2D eigenvalue weighted by molar-refractivity contribution is -0.144. The molecule has 1 aliphatic heterocycles. The smallest absolute Gasteiger partial charge is 0.323 e. The highest BCUT2D eigenvalue weighted by Gasteiger charge is 2.34. The Morgan fingerprint density at radius 1 is 1.53 bits per heavy atom. The Morgan fingerprint density at radius 3 is 2.68 bits per heavy atom. The number of ether oxygens (including phenoxy) is 1. The van der Waals surface area contributed by atoms with E-state index in [-0.39, 0.29) is 0 Å². The summed E-state index contributed by atoms with van der Waals surface area (Å²) in [6.07, 6.45) is 3.77. The summed E-state index contributed by atoms with van der Waals surface area (Å²) in [6.45, 7) is 8.41. The molecule has 2 N–H and O–H groups in total. The van der Waals surface area contributed by atoms with E-state index in [1.807, 2.05) is 11.8 Å². The zero-order valence-corrected chi connectivity index (χ0v) is 13.1. The maximum atomic E-state index is 11.5. The van der Waals surface area contributed by atoms with Crippen LogP contribution in [0, 0.1) is 0 Å². The Labute approximate surface area is 120 Å². The second kappa shape index (κ2) is 8.12. The summed E-state index contributed by atoms with van der Waals surface area (Å²) >= 11 is 1.91. The quantitative estimate of drug-likeness (QED) is 0.719. The van der Waals surface area contributed by atoms with E-state index in [4.69, 9.17) is 4.74 Å². The van der Waals surface area contributed by atoms with Gasteiger partial charge in [0.15, 0.2) is 0 Å². The molecule has 1 saturated heterocycles. The van der Waals surface area contributed by atoms with Gasteiger partial charge in [0.1, 0.15) is 5.54 Å². The third-order valence-corrected chi connectivity index (χ3v) is 5.01. The minimum absolute atomic E-state index is 0.341. The molecule has 1 rings (SSSR count). The van der Waals surface area contributed by atoms with Crippen molar-refractivity contribution in [3.05, 3.63) is 0 Å². The maximum absolute atomic E-state index is 11.5. The first-order chi connectivity index (χ1) is 8.98. The van der Waals surface area contributed by atoms with Crippen LogP contribution < -0.4 is 5.32 Å². The molecule has 0 spiro atoms. The molecule has 0 aromatic carbocycles. The maximum Gasteiger partial charge on any atom is 0.323 e. The van der Waals surface area contributed by atoms with E-state index in [1.165, 1.54) is 0 Å². The number of rotatable bonds is 8. The normalized spacial score (nSPS) is 21.8. The van der Waals surface area contributed by atoms with Gasteiger partial charge in [-0.05, 0) is 39.2 Å². The number of nitrogens with one attached hydrogen (secondary N) is 1. The predicted octanol–water partition coefficient (Wildman–Crippen LogP) is 2.52. The van der Waals surface area contributed by atoms with Crippen molar-refractivity contribution in [3.63, 3.8) is 0 Å². The van der Waals surface area contributed by atoms with Crippen LogP contribution in [0.5, 0.6) is 0 Å². The van der Waals surface area contributed by atoms with Gasteiger partial charge >= 0.3 is 5.97 Å². The molecule has 0 bridgehead atoms. The molecule has 5 heteroatoms. The predicted molar refractivity (Wildman–Crippen MR) is 79.8 cm³/mol. The van der Waals surface area contributed by atoms with E-state index in [9.17, 15) is 9.90 Å². The first-order valence-electron chi connectivity index (χ1n) is 7.19. The Morgan fingerprint density at radius 2 is 2.16 bits per heavy atom. The third-order valence-electron chi connectivity index (χ3n) is 3.53. The summed E-state index contributed by atoms with van der Waals surface area (Å²) in [5.41, 5.74) is -0.812. The van der Waals surface area contributed by atoms with Gasteiger partial charge in [-0.15, -0.1) is 0 Å². The molecule has 0 amide bonds. The van der Waals surface area contributed by atoms with Gasteiger partial charge in [-0.1, -0.05) is 13.8 Å². The van der Waals surface area contributed by atoms with Crippen molar-refractivity contribution in [3.8, 4) is 0 Å². The van der Waals surface area contributed by atoms with E-state index in [1.54, 1.807) is 6.92 Å². The average Bonchev–Trinajstić information content (AvgIpc) is 2.37. The topological polar surface area (TPSA) is 58.6 Å². The van der Waals surface area contributed by atoms with Gasteiger partial charge in [0.05, 0.1) is 0 Å². The molecule has 1 heterocycles. The van der Waals surface area contributed by atoms with Crippen LogP contribution in [0.1, 0.15) is 46.5 Å². The molecule has 1 aliphatic rings. The van der Waals surface area contributed by atoms with Gasteiger partial charge in [0.25, 0.3) is 0 Å². The molecule has 0 radical (unpaired) electrons. The molecular formula is C14H27NO3S. The number of aliphatic carboxylic acids is 1. The molecule has 0 saturated carbocycles. The molecule has 2 atom stereocenters. The SMILES string of the molecule is CCCNC(C)(CC(C)SC1CCOCC1)C(=O)O. The largest absolute Gasteiger partial charge is 0.480 e. The molecule has 0 aromatic rings. The van der Waals surface area contributed by atoms with Crippen LogP contribution in [-0.2, 0) is 9.53 Å². The fourth-order valence-electron chi connectivity index (χ4n) is 2.40. The van der Waals surface area contributed by atoms with Crippen molar-refractivity contribution < 1.29 is 14.6 Å². The Balaban J connectivity index is 2.45. The number of carboxylic acids is 1. The third kappa shape index (κ3) is 5.71. The Hall–Kier alpha value is -0.260. The van der Waals surface area contributed by atoms with Crippen LogP contribution in [0.25, 0.3) is 0 Å². The molecule has 19 heavy (non-hydrogen) atoms. The van der Waals surface area contributed by atoms with Crippen LogP contribution >= 0.6 is 11.8 Å². The summed E-state index contributed by atoms with van der Waals surface area (Å²) in [5.74, 6) is -0.750. The second-order valence-electron chi connectivity index (χ2n) is 5.53. The summed E-state index contributed by atoms with van der Waals surface area (Å²) < 4.78 is 5.35.